The van der Waals surface area contributed by atoms with Gasteiger partial charge in [-0.3, -0.25) is 14.0 Å². The fourth-order valence-corrected chi connectivity index (χ4v) is 3.84. The van der Waals surface area contributed by atoms with Gasteiger partial charge in [-0.1, -0.05) is 12.1 Å². The van der Waals surface area contributed by atoms with Crippen LogP contribution in [0.3, 0.4) is 0 Å². The van der Waals surface area contributed by atoms with E-state index >= 15 is 0 Å². The monoisotopic (exact) mass is 383 g/mol. The summed E-state index contributed by atoms with van der Waals surface area (Å²) in [5, 5.41) is 2.83. The lowest BCUT2D eigenvalue weighted by atomic mass is 10.1. The van der Waals surface area contributed by atoms with Gasteiger partial charge in [-0.05, 0) is 44.0 Å². The second kappa shape index (κ2) is 9.34. The number of nitrogens with zero attached hydrogens (tertiary/aromatic N) is 2. The fraction of sp³-hybridized carbons (Fsp3) is 0.611. The number of amides is 1. The number of carbonyl (C=O) groups is 1. The molecular weight excluding hydrogens is 354 g/mol. The van der Waals surface area contributed by atoms with Crippen LogP contribution in [0.15, 0.2) is 18.2 Å². The van der Waals surface area contributed by atoms with Crippen molar-refractivity contribution in [2.45, 2.75) is 20.3 Å². The predicted octanol–water partition coefficient (Wildman–Crippen LogP) is 0.908. The number of ether oxygens (including phenoxy) is 1. The summed E-state index contributed by atoms with van der Waals surface area (Å²) in [6.07, 6.45) is 1.95. The van der Waals surface area contributed by atoms with Crippen LogP contribution in [0, 0.1) is 13.8 Å². The first kappa shape index (κ1) is 20.7. The fourth-order valence-electron chi connectivity index (χ4n) is 2.93. The minimum absolute atomic E-state index is 0.208. The molecule has 1 aromatic rings. The molecule has 146 valence electrons. The third-order valence-corrected chi connectivity index (χ3v) is 5.74. The lowest BCUT2D eigenvalue weighted by Gasteiger charge is -2.26. The summed E-state index contributed by atoms with van der Waals surface area (Å²) in [5.41, 5.74) is 2.40. The highest BCUT2D eigenvalue weighted by Gasteiger charge is 2.22. The molecule has 0 bridgehead atoms. The van der Waals surface area contributed by atoms with E-state index in [0.29, 0.717) is 12.2 Å². The van der Waals surface area contributed by atoms with Crippen molar-refractivity contribution in [2.24, 2.45) is 0 Å². The molecule has 1 amide bonds. The zero-order chi connectivity index (χ0) is 19.2. The van der Waals surface area contributed by atoms with E-state index in [2.05, 4.69) is 10.2 Å². The zero-order valence-corrected chi connectivity index (χ0v) is 16.6. The summed E-state index contributed by atoms with van der Waals surface area (Å²) in [6, 6.07) is 5.45. The molecular formula is C18H29N3O4S. The van der Waals surface area contributed by atoms with Crippen LogP contribution < -0.4 is 9.62 Å². The number of nitrogens with one attached hydrogen (secondary N) is 1. The highest BCUT2D eigenvalue weighted by molar-refractivity contribution is 7.92. The zero-order valence-electron chi connectivity index (χ0n) is 15.8. The lowest BCUT2D eigenvalue weighted by Crippen LogP contribution is -2.42. The minimum atomic E-state index is -3.55. The molecule has 7 nitrogen and oxygen atoms in total. The molecule has 1 aliphatic rings. The smallest absolute Gasteiger partial charge is 0.240 e. The third kappa shape index (κ3) is 5.96. The van der Waals surface area contributed by atoms with Gasteiger partial charge in [0.2, 0.25) is 15.9 Å². The standard InChI is InChI=1S/C18H29N3O4S/c1-15-6-4-7-17(16(15)2)21(26(3,23)24)14-18(22)19-8-5-9-20-10-12-25-13-11-20/h4,6-7H,5,8-14H2,1-3H3,(H,19,22). The second-order valence-electron chi connectivity index (χ2n) is 6.65. The molecule has 2 rings (SSSR count). The molecule has 1 saturated heterocycles. The average Bonchev–Trinajstić information content (AvgIpc) is 2.59. The van der Waals surface area contributed by atoms with Crippen LogP contribution in [0.1, 0.15) is 17.5 Å². The molecule has 0 aliphatic carbocycles. The Morgan fingerprint density at radius 1 is 1.27 bits per heavy atom. The first-order chi connectivity index (χ1) is 12.3. The molecule has 0 radical (unpaired) electrons. The topological polar surface area (TPSA) is 79.0 Å². The maximum atomic E-state index is 12.3. The number of aryl methyl sites for hydroxylation is 1. The second-order valence-corrected chi connectivity index (χ2v) is 8.55. The molecule has 1 fully saturated rings. The van der Waals surface area contributed by atoms with Gasteiger partial charge in [0.05, 0.1) is 25.2 Å². The Labute approximate surface area is 156 Å². The molecule has 0 saturated carbocycles. The molecule has 0 spiro atoms. The number of morpholine rings is 1. The van der Waals surface area contributed by atoms with E-state index in [4.69, 9.17) is 4.74 Å². The van der Waals surface area contributed by atoms with E-state index in [1.807, 2.05) is 19.9 Å². The van der Waals surface area contributed by atoms with E-state index in [0.717, 1.165) is 56.7 Å². The van der Waals surface area contributed by atoms with E-state index in [1.165, 1.54) is 4.31 Å². The van der Waals surface area contributed by atoms with Crippen LogP contribution in [0.25, 0.3) is 0 Å². The Morgan fingerprint density at radius 3 is 2.62 bits per heavy atom. The number of anilines is 1. The normalized spacial score (nSPS) is 15.7. The van der Waals surface area contributed by atoms with Gasteiger partial charge in [0.25, 0.3) is 0 Å². The summed E-state index contributed by atoms with van der Waals surface area (Å²) in [5.74, 6) is -0.293. The summed E-state index contributed by atoms with van der Waals surface area (Å²) in [6.45, 7) is 8.35. The Hall–Kier alpha value is -1.64. The Balaban J connectivity index is 1.89. The molecule has 0 atom stereocenters. The average molecular weight is 384 g/mol. The van der Waals surface area contributed by atoms with Crippen molar-refractivity contribution in [3.8, 4) is 0 Å². The Kier molecular flexibility index (Phi) is 7.43. The molecule has 0 unspecified atom stereocenters. The van der Waals surface area contributed by atoms with Crippen LogP contribution in [0.4, 0.5) is 5.69 Å². The number of sulfonamides is 1. The molecule has 1 aliphatic heterocycles. The third-order valence-electron chi connectivity index (χ3n) is 4.61. The number of hydrogen-bond acceptors (Lipinski definition) is 5. The van der Waals surface area contributed by atoms with Gasteiger partial charge in [0.15, 0.2) is 0 Å². The van der Waals surface area contributed by atoms with Crippen LogP contribution in [-0.2, 0) is 19.6 Å². The number of hydrogen-bond donors (Lipinski definition) is 1. The van der Waals surface area contributed by atoms with E-state index in [-0.39, 0.29) is 12.5 Å². The van der Waals surface area contributed by atoms with E-state index < -0.39 is 10.0 Å². The van der Waals surface area contributed by atoms with Gasteiger partial charge in [-0.2, -0.15) is 0 Å². The number of rotatable bonds is 8. The van der Waals surface area contributed by atoms with Gasteiger partial charge >= 0.3 is 0 Å². The molecule has 1 heterocycles. The van der Waals surface area contributed by atoms with Crippen LogP contribution in [-0.4, -0.2) is 71.4 Å². The Morgan fingerprint density at radius 2 is 1.96 bits per heavy atom. The summed E-state index contributed by atoms with van der Waals surface area (Å²) < 4.78 is 30.9. The highest BCUT2D eigenvalue weighted by Crippen LogP contribution is 2.24. The minimum Gasteiger partial charge on any atom is -0.379 e. The quantitative estimate of drug-likeness (QED) is 0.675. The van der Waals surface area contributed by atoms with Crippen molar-refractivity contribution < 1.29 is 17.9 Å². The summed E-state index contributed by atoms with van der Waals surface area (Å²) >= 11 is 0. The largest absolute Gasteiger partial charge is 0.379 e. The maximum Gasteiger partial charge on any atom is 0.240 e. The van der Waals surface area contributed by atoms with Gasteiger partial charge in [-0.15, -0.1) is 0 Å². The van der Waals surface area contributed by atoms with Crippen molar-refractivity contribution >= 4 is 21.6 Å². The molecule has 0 aromatic heterocycles. The SMILES string of the molecule is Cc1cccc(N(CC(=O)NCCCN2CCOCC2)S(C)(=O)=O)c1C. The lowest BCUT2D eigenvalue weighted by molar-refractivity contribution is -0.119. The van der Waals surface area contributed by atoms with E-state index in [9.17, 15) is 13.2 Å². The van der Waals surface area contributed by atoms with Gasteiger partial charge < -0.3 is 10.1 Å². The van der Waals surface area contributed by atoms with Crippen molar-refractivity contribution in [3.63, 3.8) is 0 Å². The van der Waals surface area contributed by atoms with Crippen molar-refractivity contribution in [2.75, 3.05) is 56.5 Å². The number of benzene rings is 1. The van der Waals surface area contributed by atoms with Crippen LogP contribution in [0.2, 0.25) is 0 Å². The Bertz CT molecular complexity index is 715. The van der Waals surface area contributed by atoms with Gasteiger partial charge in [-0.25, -0.2) is 8.42 Å². The van der Waals surface area contributed by atoms with E-state index in [1.54, 1.807) is 12.1 Å². The molecule has 1 aromatic carbocycles. The predicted molar refractivity (Wildman–Crippen MR) is 103 cm³/mol. The summed E-state index contributed by atoms with van der Waals surface area (Å²) in [4.78, 5) is 14.6. The van der Waals surface area contributed by atoms with Gasteiger partial charge in [0, 0.05) is 19.6 Å². The maximum absolute atomic E-state index is 12.3. The van der Waals surface area contributed by atoms with Crippen molar-refractivity contribution in [3.05, 3.63) is 29.3 Å². The first-order valence-electron chi connectivity index (χ1n) is 8.90. The molecule has 8 heteroatoms. The van der Waals surface area contributed by atoms with Crippen molar-refractivity contribution in [1.82, 2.24) is 10.2 Å². The summed E-state index contributed by atoms with van der Waals surface area (Å²) in [7, 11) is -3.55. The van der Waals surface area contributed by atoms with Crippen molar-refractivity contribution in [1.29, 1.82) is 0 Å². The molecule has 26 heavy (non-hydrogen) atoms. The highest BCUT2D eigenvalue weighted by atomic mass is 32.2. The number of carbonyl (C=O) groups excluding carboxylic acids is 1. The molecule has 1 N–H and O–H groups in total. The van der Waals surface area contributed by atoms with Crippen LogP contribution >= 0.6 is 0 Å². The van der Waals surface area contributed by atoms with Crippen LogP contribution in [0.5, 0.6) is 0 Å². The van der Waals surface area contributed by atoms with Gasteiger partial charge in [0.1, 0.15) is 6.54 Å². The first-order valence-corrected chi connectivity index (χ1v) is 10.7.